The first-order chi connectivity index (χ1) is 8.81. The van der Waals surface area contributed by atoms with Gasteiger partial charge in [-0.25, -0.2) is 9.37 Å². The number of aryl methyl sites for hydroxylation is 1. The van der Waals surface area contributed by atoms with Gasteiger partial charge in [0.25, 0.3) is 0 Å². The van der Waals surface area contributed by atoms with Crippen molar-refractivity contribution in [3.63, 3.8) is 0 Å². The maximum atomic E-state index is 13.5. The highest BCUT2D eigenvalue weighted by atomic mass is 19.1. The van der Waals surface area contributed by atoms with E-state index in [1.165, 1.54) is 6.07 Å². The molecule has 0 bridgehead atoms. The predicted molar refractivity (Wildman–Crippen MR) is 68.4 cm³/mol. The van der Waals surface area contributed by atoms with E-state index in [4.69, 9.17) is 5.73 Å². The molecule has 0 unspecified atom stereocenters. The fraction of sp³-hybridized carbons (Fsp3) is 0.385. The topological polar surface area (TPSA) is 67.6 Å². The van der Waals surface area contributed by atoms with Crippen LogP contribution < -0.4 is 5.73 Å². The number of hydrogen-bond donors (Lipinski definition) is 2. The van der Waals surface area contributed by atoms with Crippen LogP contribution in [0, 0.1) is 5.82 Å². The molecule has 0 fully saturated rings. The summed E-state index contributed by atoms with van der Waals surface area (Å²) in [7, 11) is 0. The van der Waals surface area contributed by atoms with E-state index in [-0.39, 0.29) is 5.82 Å². The number of halogens is 1. The zero-order chi connectivity index (χ0) is 12.8. The van der Waals surface area contributed by atoms with Crippen molar-refractivity contribution in [2.45, 2.75) is 25.7 Å². The highest BCUT2D eigenvalue weighted by Crippen LogP contribution is 2.18. The summed E-state index contributed by atoms with van der Waals surface area (Å²) in [4.78, 5) is 4.30. The van der Waals surface area contributed by atoms with Crippen molar-refractivity contribution in [2.75, 3.05) is 6.54 Å². The SMILES string of the molecule is NCCCCCc1nc(-c2ccccc2F)n[nH]1. The molecule has 0 saturated heterocycles. The van der Waals surface area contributed by atoms with Crippen LogP contribution in [0.15, 0.2) is 24.3 Å². The zero-order valence-corrected chi connectivity index (χ0v) is 10.2. The molecule has 1 aromatic carbocycles. The Balaban J connectivity index is 2.00. The van der Waals surface area contributed by atoms with Crippen molar-refractivity contribution in [1.29, 1.82) is 0 Å². The van der Waals surface area contributed by atoms with Gasteiger partial charge in [0.15, 0.2) is 5.82 Å². The minimum absolute atomic E-state index is 0.300. The van der Waals surface area contributed by atoms with E-state index in [1.54, 1.807) is 18.2 Å². The van der Waals surface area contributed by atoms with Crippen molar-refractivity contribution in [3.8, 4) is 11.4 Å². The summed E-state index contributed by atoms with van der Waals surface area (Å²) >= 11 is 0. The Kier molecular flexibility index (Phi) is 4.41. The molecule has 0 atom stereocenters. The molecule has 0 aliphatic carbocycles. The van der Waals surface area contributed by atoms with Gasteiger partial charge >= 0.3 is 0 Å². The van der Waals surface area contributed by atoms with Crippen LogP contribution in [0.25, 0.3) is 11.4 Å². The number of benzene rings is 1. The van der Waals surface area contributed by atoms with Gasteiger partial charge in [-0.1, -0.05) is 18.6 Å². The average Bonchev–Trinajstić information content (AvgIpc) is 2.84. The maximum Gasteiger partial charge on any atom is 0.184 e. The third kappa shape index (κ3) is 3.13. The van der Waals surface area contributed by atoms with E-state index < -0.39 is 0 Å². The Morgan fingerprint density at radius 2 is 2.00 bits per heavy atom. The average molecular weight is 248 g/mol. The van der Waals surface area contributed by atoms with Crippen LogP contribution in [-0.4, -0.2) is 21.7 Å². The number of H-pyrrole nitrogens is 1. The third-order valence-electron chi connectivity index (χ3n) is 2.76. The molecule has 4 nitrogen and oxygen atoms in total. The molecule has 0 amide bonds. The standard InChI is InChI=1S/C13H17FN4/c14-11-7-4-3-6-10(11)13-16-12(17-18-13)8-2-1-5-9-15/h3-4,6-7H,1-2,5,8-9,15H2,(H,16,17,18). The minimum Gasteiger partial charge on any atom is -0.330 e. The summed E-state index contributed by atoms with van der Waals surface area (Å²) in [6.07, 6.45) is 3.94. The van der Waals surface area contributed by atoms with Gasteiger partial charge in [0, 0.05) is 6.42 Å². The highest BCUT2D eigenvalue weighted by Gasteiger charge is 2.09. The van der Waals surface area contributed by atoms with Crippen LogP contribution >= 0.6 is 0 Å². The summed E-state index contributed by atoms with van der Waals surface area (Å²) < 4.78 is 13.5. The molecule has 96 valence electrons. The van der Waals surface area contributed by atoms with Gasteiger partial charge < -0.3 is 5.73 Å². The Bertz CT molecular complexity index is 495. The normalized spacial score (nSPS) is 10.8. The van der Waals surface area contributed by atoms with Crippen molar-refractivity contribution < 1.29 is 4.39 Å². The monoisotopic (exact) mass is 248 g/mol. The number of aromatic amines is 1. The van der Waals surface area contributed by atoms with Crippen LogP contribution in [0.1, 0.15) is 25.1 Å². The van der Waals surface area contributed by atoms with Crippen LogP contribution in [0.2, 0.25) is 0 Å². The second-order valence-corrected chi connectivity index (χ2v) is 4.18. The lowest BCUT2D eigenvalue weighted by atomic mass is 10.2. The predicted octanol–water partition coefficient (Wildman–Crippen LogP) is 2.28. The van der Waals surface area contributed by atoms with E-state index in [0.717, 1.165) is 38.1 Å². The summed E-state index contributed by atoms with van der Waals surface area (Å²) in [5.74, 6) is 0.915. The Morgan fingerprint density at radius 3 is 2.78 bits per heavy atom. The largest absolute Gasteiger partial charge is 0.330 e. The van der Waals surface area contributed by atoms with E-state index in [0.29, 0.717) is 11.4 Å². The second-order valence-electron chi connectivity index (χ2n) is 4.18. The zero-order valence-electron chi connectivity index (χ0n) is 10.2. The van der Waals surface area contributed by atoms with Gasteiger partial charge in [-0.05, 0) is 31.5 Å². The number of hydrogen-bond acceptors (Lipinski definition) is 3. The van der Waals surface area contributed by atoms with Gasteiger partial charge in [-0.3, -0.25) is 5.10 Å². The van der Waals surface area contributed by atoms with Crippen molar-refractivity contribution in [2.24, 2.45) is 5.73 Å². The van der Waals surface area contributed by atoms with E-state index in [1.807, 2.05) is 0 Å². The Morgan fingerprint density at radius 1 is 1.17 bits per heavy atom. The first kappa shape index (κ1) is 12.7. The first-order valence-electron chi connectivity index (χ1n) is 6.17. The maximum absolute atomic E-state index is 13.5. The van der Waals surface area contributed by atoms with Gasteiger partial charge in [-0.2, -0.15) is 5.10 Å². The van der Waals surface area contributed by atoms with Crippen LogP contribution in [0.5, 0.6) is 0 Å². The lowest BCUT2D eigenvalue weighted by molar-refractivity contribution is 0.630. The molecular weight excluding hydrogens is 231 g/mol. The van der Waals surface area contributed by atoms with Crippen molar-refractivity contribution >= 4 is 0 Å². The number of nitrogens with zero attached hydrogens (tertiary/aromatic N) is 2. The van der Waals surface area contributed by atoms with Gasteiger partial charge in [0.05, 0.1) is 5.56 Å². The van der Waals surface area contributed by atoms with E-state index in [2.05, 4.69) is 15.2 Å². The van der Waals surface area contributed by atoms with E-state index >= 15 is 0 Å². The number of aromatic nitrogens is 3. The number of nitrogens with one attached hydrogen (secondary N) is 1. The van der Waals surface area contributed by atoms with Gasteiger partial charge in [0.2, 0.25) is 0 Å². The van der Waals surface area contributed by atoms with Gasteiger partial charge in [-0.15, -0.1) is 0 Å². The Hall–Kier alpha value is -1.75. The molecule has 0 radical (unpaired) electrons. The lowest BCUT2D eigenvalue weighted by Gasteiger charge is -1.96. The lowest BCUT2D eigenvalue weighted by Crippen LogP contribution is -1.98. The van der Waals surface area contributed by atoms with Crippen LogP contribution in [0.4, 0.5) is 4.39 Å². The molecule has 2 aromatic rings. The summed E-state index contributed by atoms with van der Waals surface area (Å²) in [6, 6.07) is 6.51. The third-order valence-corrected chi connectivity index (χ3v) is 2.76. The van der Waals surface area contributed by atoms with Crippen LogP contribution in [0.3, 0.4) is 0 Å². The molecule has 0 spiro atoms. The number of unbranched alkanes of at least 4 members (excludes halogenated alkanes) is 2. The Labute approximate surface area is 105 Å². The minimum atomic E-state index is -0.300. The molecule has 5 heteroatoms. The fourth-order valence-corrected chi connectivity index (χ4v) is 1.78. The molecule has 2 rings (SSSR count). The first-order valence-corrected chi connectivity index (χ1v) is 6.17. The number of rotatable bonds is 6. The van der Waals surface area contributed by atoms with Gasteiger partial charge in [0.1, 0.15) is 11.6 Å². The highest BCUT2D eigenvalue weighted by molar-refractivity contribution is 5.55. The fourth-order valence-electron chi connectivity index (χ4n) is 1.78. The summed E-state index contributed by atoms with van der Waals surface area (Å²) in [5, 5.41) is 6.89. The van der Waals surface area contributed by atoms with Crippen molar-refractivity contribution in [1.82, 2.24) is 15.2 Å². The number of nitrogens with two attached hydrogens (primary N) is 1. The quantitative estimate of drug-likeness (QED) is 0.771. The molecule has 0 saturated carbocycles. The second kappa shape index (κ2) is 6.26. The van der Waals surface area contributed by atoms with E-state index in [9.17, 15) is 4.39 Å². The smallest absolute Gasteiger partial charge is 0.184 e. The molecule has 1 aromatic heterocycles. The molecule has 0 aliphatic heterocycles. The molecule has 3 N–H and O–H groups in total. The molecular formula is C13H17FN4. The summed E-state index contributed by atoms with van der Waals surface area (Å²) in [5.41, 5.74) is 5.86. The summed E-state index contributed by atoms with van der Waals surface area (Å²) in [6.45, 7) is 0.719. The van der Waals surface area contributed by atoms with Crippen LogP contribution in [-0.2, 0) is 6.42 Å². The molecule has 1 heterocycles. The molecule has 0 aliphatic rings. The van der Waals surface area contributed by atoms with Crippen molar-refractivity contribution in [3.05, 3.63) is 35.9 Å². The molecule has 18 heavy (non-hydrogen) atoms.